The number of carbonyl (C=O) groups is 2. The zero-order valence-electron chi connectivity index (χ0n) is 20.3. The van der Waals surface area contributed by atoms with Gasteiger partial charge in [-0.25, -0.2) is 4.79 Å². The van der Waals surface area contributed by atoms with Crippen molar-refractivity contribution in [3.63, 3.8) is 0 Å². The number of amides is 1. The number of benzene rings is 1. The Morgan fingerprint density at radius 3 is 2.39 bits per heavy atom. The number of rotatable bonds is 7. The minimum absolute atomic E-state index is 0.0537. The molecule has 3 unspecified atom stereocenters. The molecule has 0 spiro atoms. The van der Waals surface area contributed by atoms with Crippen molar-refractivity contribution >= 4 is 28.7 Å². The van der Waals surface area contributed by atoms with Crippen LogP contribution in [0.15, 0.2) is 52.7 Å². The van der Waals surface area contributed by atoms with E-state index in [0.717, 1.165) is 36.4 Å². The zero-order valence-corrected chi connectivity index (χ0v) is 21.1. The molecule has 1 aromatic carbocycles. The fraction of sp³-hybridized carbons (Fsp3) is 0.500. The van der Waals surface area contributed by atoms with E-state index in [-0.39, 0.29) is 17.4 Å². The van der Waals surface area contributed by atoms with Crippen molar-refractivity contribution < 1.29 is 32.6 Å². The number of aliphatic carboxylic acids is 1. The van der Waals surface area contributed by atoms with Crippen molar-refractivity contribution in [1.82, 2.24) is 5.32 Å². The molecule has 2 aliphatic carbocycles. The normalized spacial score (nSPS) is 23.0. The maximum atomic E-state index is 13.3. The smallest absolute Gasteiger partial charge is 0.416 e. The highest BCUT2D eigenvalue weighted by Gasteiger charge is 2.42. The number of hydrogen-bond donors (Lipinski definition) is 2. The number of hydrogen-bond acceptors (Lipinski definition) is 5. The molecular weight excluding hydrogens is 493 g/mol. The summed E-state index contributed by atoms with van der Waals surface area (Å²) >= 11 is 1.64. The van der Waals surface area contributed by atoms with Crippen LogP contribution >= 0.6 is 11.8 Å². The molecule has 36 heavy (non-hydrogen) atoms. The highest BCUT2D eigenvalue weighted by atomic mass is 32.2. The number of alkyl halides is 3. The van der Waals surface area contributed by atoms with Crippen LogP contribution in [0.3, 0.4) is 0 Å². The number of ether oxygens (including phenoxy) is 1. The predicted octanol–water partition coefficient (Wildman–Crippen LogP) is 5.34. The maximum absolute atomic E-state index is 13.3. The van der Waals surface area contributed by atoms with E-state index in [0.29, 0.717) is 17.2 Å². The highest BCUT2D eigenvalue weighted by molar-refractivity contribution is 8.15. The van der Waals surface area contributed by atoms with Crippen LogP contribution in [-0.2, 0) is 27.1 Å². The highest BCUT2D eigenvalue weighted by Crippen LogP contribution is 2.43. The summed E-state index contributed by atoms with van der Waals surface area (Å²) in [6.45, 7) is 5.11. The lowest BCUT2D eigenvalue weighted by Gasteiger charge is -2.29. The lowest BCUT2D eigenvalue weighted by atomic mass is 9.86. The number of aliphatic imine (C=N–C) groups is 1. The number of carboxylic acids is 1. The summed E-state index contributed by atoms with van der Waals surface area (Å²) in [4.78, 5) is 29.9. The Morgan fingerprint density at radius 1 is 1.19 bits per heavy atom. The van der Waals surface area contributed by atoms with Crippen LogP contribution in [0.25, 0.3) is 0 Å². The van der Waals surface area contributed by atoms with E-state index in [9.17, 15) is 27.9 Å². The molecule has 1 aliphatic heterocycles. The van der Waals surface area contributed by atoms with Crippen LogP contribution in [-0.4, -0.2) is 39.4 Å². The lowest BCUT2D eigenvalue weighted by molar-refractivity contribution is -0.144. The van der Waals surface area contributed by atoms with Gasteiger partial charge in [0, 0.05) is 5.92 Å². The molecule has 6 nitrogen and oxygen atoms in total. The zero-order chi connectivity index (χ0) is 26.3. The van der Waals surface area contributed by atoms with E-state index >= 15 is 0 Å². The van der Waals surface area contributed by atoms with Gasteiger partial charge in [0.15, 0.2) is 0 Å². The molecule has 3 aliphatic rings. The molecule has 2 N–H and O–H groups in total. The summed E-state index contributed by atoms with van der Waals surface area (Å²) in [7, 11) is 0. The Balaban J connectivity index is 1.61. The van der Waals surface area contributed by atoms with E-state index in [1.165, 1.54) is 12.1 Å². The number of carbonyl (C=O) groups excluding carboxylic acids is 1. The first-order valence-corrected chi connectivity index (χ1v) is 12.7. The quantitative estimate of drug-likeness (QED) is 0.505. The molecule has 1 fully saturated rings. The van der Waals surface area contributed by atoms with Gasteiger partial charge in [-0.1, -0.05) is 45.4 Å². The van der Waals surface area contributed by atoms with Gasteiger partial charge in [0.05, 0.1) is 21.4 Å². The summed E-state index contributed by atoms with van der Waals surface area (Å²) in [5.41, 5.74) is -0.801. The largest absolute Gasteiger partial charge is 0.490 e. The Hall–Kier alpha value is -2.75. The minimum Gasteiger partial charge on any atom is -0.490 e. The fourth-order valence-corrected chi connectivity index (χ4v) is 5.60. The number of carboxylic acid groups (broad SMARTS) is 1. The Bertz CT molecular complexity index is 1120. The van der Waals surface area contributed by atoms with Crippen LogP contribution in [0.1, 0.15) is 51.2 Å². The van der Waals surface area contributed by atoms with E-state index in [4.69, 9.17) is 9.73 Å². The topological polar surface area (TPSA) is 88.0 Å². The Labute approximate surface area is 212 Å². The molecule has 1 amide bonds. The summed E-state index contributed by atoms with van der Waals surface area (Å²) in [5.74, 6) is -1.03. The molecule has 3 atom stereocenters. The summed E-state index contributed by atoms with van der Waals surface area (Å²) in [6, 6.07) is 3.07. The van der Waals surface area contributed by atoms with Gasteiger partial charge in [-0.3, -0.25) is 9.79 Å². The van der Waals surface area contributed by atoms with Gasteiger partial charge in [0.2, 0.25) is 0 Å². The molecule has 1 aromatic rings. The fourth-order valence-electron chi connectivity index (χ4n) is 4.25. The van der Waals surface area contributed by atoms with Crippen molar-refractivity contribution in [2.24, 2.45) is 16.3 Å². The first-order valence-electron chi connectivity index (χ1n) is 11.8. The van der Waals surface area contributed by atoms with E-state index in [1.54, 1.807) is 38.6 Å². The molecule has 4 rings (SSSR count). The molecular formula is C26H29F3N2O4S. The third-order valence-electron chi connectivity index (χ3n) is 6.58. The molecule has 10 heteroatoms. The van der Waals surface area contributed by atoms with Crippen molar-refractivity contribution in [2.75, 3.05) is 0 Å². The number of nitrogens with zero attached hydrogens (tertiary/aromatic N) is 1. The second kappa shape index (κ2) is 9.95. The number of fused-ring (bicyclic) bond motifs is 1. The third kappa shape index (κ3) is 5.63. The van der Waals surface area contributed by atoms with E-state index in [2.05, 4.69) is 5.32 Å². The number of thioether (sulfide) groups is 1. The monoisotopic (exact) mass is 522 g/mol. The number of halogens is 3. The van der Waals surface area contributed by atoms with Crippen LogP contribution in [0.5, 0.6) is 0 Å². The molecule has 1 heterocycles. The molecule has 0 bridgehead atoms. The number of nitrogens with one attached hydrogen (secondary N) is 1. The minimum atomic E-state index is -4.43. The predicted molar refractivity (Wildman–Crippen MR) is 131 cm³/mol. The standard InChI is InChI=1S/C26H29F3N2O4S/c1-25(2,3)21(24(33)34)31-22(32)17-11-12-18-19(30-23(36-18)15-5-4-6-15)20(17)35-13-14-7-9-16(10-8-14)26(27,28)29/h7-12,15,18-19,21H,4-6,13H2,1-3H3,(H,31,32)(H,33,34). The third-order valence-corrected chi connectivity index (χ3v) is 7.95. The van der Waals surface area contributed by atoms with Crippen molar-refractivity contribution in [1.29, 1.82) is 0 Å². The first-order chi connectivity index (χ1) is 16.8. The van der Waals surface area contributed by atoms with E-state index in [1.807, 2.05) is 6.08 Å². The van der Waals surface area contributed by atoms with Crippen LogP contribution < -0.4 is 5.32 Å². The second-order valence-corrected chi connectivity index (χ2v) is 11.6. The molecule has 1 saturated carbocycles. The summed E-state index contributed by atoms with van der Waals surface area (Å²) in [6.07, 6.45) is 2.37. The van der Waals surface area contributed by atoms with Crippen molar-refractivity contribution in [3.05, 3.63) is 58.9 Å². The molecule has 0 saturated heterocycles. The van der Waals surface area contributed by atoms with Gasteiger partial charge in [0.25, 0.3) is 5.91 Å². The molecule has 194 valence electrons. The summed E-state index contributed by atoms with van der Waals surface area (Å²) < 4.78 is 44.8. The first kappa shape index (κ1) is 26.3. The van der Waals surface area contributed by atoms with Crippen molar-refractivity contribution in [3.8, 4) is 0 Å². The van der Waals surface area contributed by atoms with Gasteiger partial charge < -0.3 is 15.2 Å². The molecule has 0 aromatic heterocycles. The van der Waals surface area contributed by atoms with Gasteiger partial charge in [0.1, 0.15) is 24.4 Å². The lowest BCUT2D eigenvalue weighted by Crippen LogP contribution is -2.49. The maximum Gasteiger partial charge on any atom is 0.416 e. The Morgan fingerprint density at radius 2 is 1.86 bits per heavy atom. The average molecular weight is 523 g/mol. The van der Waals surface area contributed by atoms with Crippen LogP contribution in [0.2, 0.25) is 0 Å². The van der Waals surface area contributed by atoms with Gasteiger partial charge >= 0.3 is 12.1 Å². The van der Waals surface area contributed by atoms with Gasteiger partial charge in [-0.05, 0) is 42.0 Å². The SMILES string of the molecule is CC(C)(C)C(NC(=O)C1=C(OCc2ccc(C(F)(F)F)cc2)C2N=C(C3CCC3)SC2C=C1)C(=O)O. The second-order valence-electron chi connectivity index (χ2n) is 10.4. The average Bonchev–Trinajstić information content (AvgIpc) is 3.16. The van der Waals surface area contributed by atoms with Crippen LogP contribution in [0.4, 0.5) is 13.2 Å². The Kier molecular flexibility index (Phi) is 7.28. The van der Waals surface area contributed by atoms with Crippen molar-refractivity contribution in [2.45, 2.75) is 70.2 Å². The van der Waals surface area contributed by atoms with Crippen LogP contribution in [0, 0.1) is 11.3 Å². The van der Waals surface area contributed by atoms with Gasteiger partial charge in [-0.15, -0.1) is 11.8 Å². The molecule has 0 radical (unpaired) electrons. The van der Waals surface area contributed by atoms with E-state index < -0.39 is 41.1 Å². The van der Waals surface area contributed by atoms with Gasteiger partial charge in [-0.2, -0.15) is 13.2 Å². The summed E-state index contributed by atoms with van der Waals surface area (Å²) in [5, 5.41) is 13.2.